The summed E-state index contributed by atoms with van der Waals surface area (Å²) < 4.78 is 0. The van der Waals surface area contributed by atoms with Crippen molar-refractivity contribution in [2.45, 2.75) is 19.3 Å². The van der Waals surface area contributed by atoms with E-state index in [2.05, 4.69) is 31.0 Å². The lowest BCUT2D eigenvalue weighted by Crippen LogP contribution is -2.17. The molecule has 0 saturated carbocycles. The SMILES string of the molecule is CC(c1ccc(C=O)cc1)C1CCN(C)C1. The zero-order valence-electron chi connectivity index (χ0n) is 10.0. The van der Waals surface area contributed by atoms with Gasteiger partial charge in [0.05, 0.1) is 0 Å². The van der Waals surface area contributed by atoms with Gasteiger partial charge in [-0.1, -0.05) is 31.2 Å². The molecular formula is C14H19NO. The van der Waals surface area contributed by atoms with Gasteiger partial charge in [0.1, 0.15) is 6.29 Å². The maximum absolute atomic E-state index is 10.6. The topological polar surface area (TPSA) is 20.3 Å². The van der Waals surface area contributed by atoms with Crippen molar-refractivity contribution in [1.82, 2.24) is 4.90 Å². The summed E-state index contributed by atoms with van der Waals surface area (Å²) in [7, 11) is 2.18. The first-order valence-corrected chi connectivity index (χ1v) is 5.94. The highest BCUT2D eigenvalue weighted by Gasteiger charge is 2.25. The summed E-state index contributed by atoms with van der Waals surface area (Å²) in [4.78, 5) is 13.0. The van der Waals surface area contributed by atoms with Gasteiger partial charge in [-0.25, -0.2) is 0 Å². The number of benzene rings is 1. The Morgan fingerprint density at radius 1 is 1.38 bits per heavy atom. The van der Waals surface area contributed by atoms with E-state index in [1.165, 1.54) is 25.1 Å². The van der Waals surface area contributed by atoms with Gasteiger partial charge in [0.15, 0.2) is 0 Å². The quantitative estimate of drug-likeness (QED) is 0.725. The molecule has 0 aliphatic carbocycles. The number of nitrogens with zero attached hydrogens (tertiary/aromatic N) is 1. The fourth-order valence-electron chi connectivity index (χ4n) is 2.53. The first kappa shape index (κ1) is 11.3. The molecule has 1 heterocycles. The summed E-state index contributed by atoms with van der Waals surface area (Å²) in [6.45, 7) is 4.69. The Hall–Kier alpha value is -1.15. The molecule has 2 unspecified atom stereocenters. The summed E-state index contributed by atoms with van der Waals surface area (Å²) in [5.41, 5.74) is 2.12. The van der Waals surface area contributed by atoms with Crippen molar-refractivity contribution in [1.29, 1.82) is 0 Å². The maximum Gasteiger partial charge on any atom is 0.150 e. The van der Waals surface area contributed by atoms with Gasteiger partial charge in [0.25, 0.3) is 0 Å². The number of carbonyl (C=O) groups is 1. The van der Waals surface area contributed by atoms with E-state index in [0.717, 1.165) is 17.8 Å². The molecular weight excluding hydrogens is 198 g/mol. The standard InChI is InChI=1S/C14H19NO/c1-11(14-7-8-15(2)9-14)13-5-3-12(10-16)4-6-13/h3-6,10-11,14H,7-9H2,1-2H3. The van der Waals surface area contributed by atoms with Crippen LogP contribution in [0.4, 0.5) is 0 Å². The van der Waals surface area contributed by atoms with Crippen molar-refractivity contribution in [3.8, 4) is 0 Å². The van der Waals surface area contributed by atoms with E-state index >= 15 is 0 Å². The molecule has 16 heavy (non-hydrogen) atoms. The zero-order chi connectivity index (χ0) is 11.5. The lowest BCUT2D eigenvalue weighted by molar-refractivity contribution is 0.112. The third-order valence-corrected chi connectivity index (χ3v) is 3.73. The molecule has 0 amide bonds. The highest BCUT2D eigenvalue weighted by atomic mass is 16.1. The van der Waals surface area contributed by atoms with Crippen LogP contribution < -0.4 is 0 Å². The smallest absolute Gasteiger partial charge is 0.150 e. The molecule has 2 nitrogen and oxygen atoms in total. The Kier molecular flexibility index (Phi) is 3.39. The molecule has 0 radical (unpaired) electrons. The highest BCUT2D eigenvalue weighted by molar-refractivity contribution is 5.74. The van der Waals surface area contributed by atoms with Crippen molar-refractivity contribution in [3.63, 3.8) is 0 Å². The van der Waals surface area contributed by atoms with E-state index in [1.807, 2.05) is 12.1 Å². The van der Waals surface area contributed by atoms with Crippen LogP contribution in [0, 0.1) is 5.92 Å². The van der Waals surface area contributed by atoms with Gasteiger partial charge in [-0.3, -0.25) is 4.79 Å². The highest BCUT2D eigenvalue weighted by Crippen LogP contribution is 2.30. The Morgan fingerprint density at radius 3 is 2.56 bits per heavy atom. The Labute approximate surface area is 97.3 Å². The summed E-state index contributed by atoms with van der Waals surface area (Å²) in [6.07, 6.45) is 2.19. The van der Waals surface area contributed by atoms with Gasteiger partial charge in [0.2, 0.25) is 0 Å². The normalized spacial score (nSPS) is 23.2. The van der Waals surface area contributed by atoms with Crippen molar-refractivity contribution < 1.29 is 4.79 Å². The van der Waals surface area contributed by atoms with Gasteiger partial charge >= 0.3 is 0 Å². The molecule has 2 rings (SSSR count). The molecule has 1 fully saturated rings. The zero-order valence-corrected chi connectivity index (χ0v) is 10.0. The largest absolute Gasteiger partial charge is 0.306 e. The number of aldehydes is 1. The van der Waals surface area contributed by atoms with Crippen LogP contribution in [-0.4, -0.2) is 31.3 Å². The molecule has 1 aromatic carbocycles. The average Bonchev–Trinajstić information content (AvgIpc) is 2.75. The first-order valence-electron chi connectivity index (χ1n) is 5.94. The molecule has 0 N–H and O–H groups in total. The number of hydrogen-bond donors (Lipinski definition) is 0. The first-order chi connectivity index (χ1) is 7.70. The average molecular weight is 217 g/mol. The Bertz CT molecular complexity index is 358. The summed E-state index contributed by atoms with van der Waals surface area (Å²) in [6, 6.07) is 8.01. The molecule has 2 heteroatoms. The summed E-state index contributed by atoms with van der Waals surface area (Å²) in [5, 5.41) is 0. The van der Waals surface area contributed by atoms with E-state index < -0.39 is 0 Å². The monoisotopic (exact) mass is 217 g/mol. The number of hydrogen-bond acceptors (Lipinski definition) is 2. The lowest BCUT2D eigenvalue weighted by atomic mass is 9.87. The second-order valence-electron chi connectivity index (χ2n) is 4.88. The van der Waals surface area contributed by atoms with Gasteiger partial charge in [-0.2, -0.15) is 0 Å². The predicted molar refractivity (Wildman–Crippen MR) is 65.8 cm³/mol. The number of rotatable bonds is 3. The van der Waals surface area contributed by atoms with Gasteiger partial charge < -0.3 is 4.90 Å². The molecule has 0 spiro atoms. The fourth-order valence-corrected chi connectivity index (χ4v) is 2.53. The minimum atomic E-state index is 0.589. The van der Waals surface area contributed by atoms with Crippen LogP contribution in [0.2, 0.25) is 0 Å². The second-order valence-corrected chi connectivity index (χ2v) is 4.88. The van der Waals surface area contributed by atoms with Crippen LogP contribution in [0.15, 0.2) is 24.3 Å². The van der Waals surface area contributed by atoms with Crippen molar-refractivity contribution >= 4 is 6.29 Å². The lowest BCUT2D eigenvalue weighted by Gasteiger charge is -2.19. The van der Waals surface area contributed by atoms with Crippen molar-refractivity contribution in [2.75, 3.05) is 20.1 Å². The van der Waals surface area contributed by atoms with E-state index in [1.54, 1.807) is 0 Å². The molecule has 1 aromatic rings. The third-order valence-electron chi connectivity index (χ3n) is 3.73. The molecule has 86 valence electrons. The second kappa shape index (κ2) is 4.79. The Morgan fingerprint density at radius 2 is 2.06 bits per heavy atom. The number of likely N-dealkylation sites (tertiary alicyclic amines) is 1. The van der Waals surface area contributed by atoms with Gasteiger partial charge in [-0.15, -0.1) is 0 Å². The van der Waals surface area contributed by atoms with E-state index in [9.17, 15) is 4.79 Å². The molecule has 0 bridgehead atoms. The van der Waals surface area contributed by atoms with Crippen LogP contribution in [0.1, 0.15) is 35.2 Å². The number of carbonyl (C=O) groups excluding carboxylic acids is 1. The van der Waals surface area contributed by atoms with Crippen LogP contribution in [0.3, 0.4) is 0 Å². The van der Waals surface area contributed by atoms with Crippen LogP contribution in [-0.2, 0) is 0 Å². The molecule has 1 saturated heterocycles. The van der Waals surface area contributed by atoms with Gasteiger partial charge in [0, 0.05) is 12.1 Å². The van der Waals surface area contributed by atoms with E-state index in [0.29, 0.717) is 5.92 Å². The Balaban J connectivity index is 2.08. The van der Waals surface area contributed by atoms with Crippen molar-refractivity contribution in [3.05, 3.63) is 35.4 Å². The molecule has 1 aliphatic heterocycles. The third kappa shape index (κ3) is 2.33. The minimum Gasteiger partial charge on any atom is -0.306 e. The van der Waals surface area contributed by atoms with Crippen molar-refractivity contribution in [2.24, 2.45) is 5.92 Å². The van der Waals surface area contributed by atoms with Crippen LogP contribution in [0.25, 0.3) is 0 Å². The van der Waals surface area contributed by atoms with E-state index in [-0.39, 0.29) is 0 Å². The minimum absolute atomic E-state index is 0.589. The molecule has 1 aliphatic rings. The van der Waals surface area contributed by atoms with Crippen LogP contribution >= 0.6 is 0 Å². The summed E-state index contributed by atoms with van der Waals surface area (Å²) >= 11 is 0. The maximum atomic E-state index is 10.6. The molecule has 2 atom stereocenters. The fraction of sp³-hybridized carbons (Fsp3) is 0.500. The van der Waals surface area contributed by atoms with E-state index in [4.69, 9.17) is 0 Å². The molecule has 0 aromatic heterocycles. The van der Waals surface area contributed by atoms with Crippen LogP contribution in [0.5, 0.6) is 0 Å². The summed E-state index contributed by atoms with van der Waals surface area (Å²) in [5.74, 6) is 1.35. The van der Waals surface area contributed by atoms with Gasteiger partial charge in [-0.05, 0) is 37.4 Å². The predicted octanol–water partition coefficient (Wildman–Crippen LogP) is 2.55.